The maximum absolute atomic E-state index is 12.6. The van der Waals surface area contributed by atoms with Crippen LogP contribution in [0.4, 0.5) is 0 Å². The summed E-state index contributed by atoms with van der Waals surface area (Å²) in [5.74, 6) is 1.83. The van der Waals surface area contributed by atoms with Crippen molar-refractivity contribution in [3.05, 3.63) is 0 Å². The molecule has 3 rings (SSSR count). The fourth-order valence-electron chi connectivity index (χ4n) is 3.59. The summed E-state index contributed by atoms with van der Waals surface area (Å²) in [6.45, 7) is 0.529. The number of carbonyl (C=O) groups is 1. The van der Waals surface area contributed by atoms with E-state index in [0.717, 1.165) is 24.7 Å². The number of carbonyl (C=O) groups excluding carboxylic acids is 1. The molecule has 0 bridgehead atoms. The Bertz CT molecular complexity index is 302. The molecule has 0 aromatic heterocycles. The van der Waals surface area contributed by atoms with E-state index in [2.05, 4.69) is 5.32 Å². The summed E-state index contributed by atoms with van der Waals surface area (Å²) in [4.78, 5) is 12.6. The van der Waals surface area contributed by atoms with Crippen LogP contribution in [0.1, 0.15) is 57.8 Å². The van der Waals surface area contributed by atoms with Gasteiger partial charge in [0.1, 0.15) is 0 Å². The predicted molar refractivity (Wildman–Crippen MR) is 72.0 cm³/mol. The zero-order chi connectivity index (χ0) is 12.6. The zero-order valence-corrected chi connectivity index (χ0v) is 11.3. The van der Waals surface area contributed by atoms with Crippen LogP contribution in [0.3, 0.4) is 0 Å². The van der Waals surface area contributed by atoms with Crippen molar-refractivity contribution in [3.63, 3.8) is 0 Å². The highest BCUT2D eigenvalue weighted by molar-refractivity contribution is 5.83. The van der Waals surface area contributed by atoms with Gasteiger partial charge in [0.15, 0.2) is 0 Å². The number of nitrogens with two attached hydrogens (primary N) is 1. The standard InChI is InChI=1S/C15H26N2O/c16-10-15(8-2-1-3-9-15)14(18)17-13(11-4-5-11)12-6-7-12/h11-13H,1-10,16H2,(H,17,18). The van der Waals surface area contributed by atoms with Crippen LogP contribution in [0.5, 0.6) is 0 Å². The second-order valence-electron chi connectivity index (χ2n) is 6.72. The fourth-order valence-corrected chi connectivity index (χ4v) is 3.59. The van der Waals surface area contributed by atoms with Gasteiger partial charge < -0.3 is 11.1 Å². The van der Waals surface area contributed by atoms with E-state index >= 15 is 0 Å². The molecular weight excluding hydrogens is 224 g/mol. The first-order chi connectivity index (χ1) is 8.75. The van der Waals surface area contributed by atoms with Crippen LogP contribution in [0.2, 0.25) is 0 Å². The molecule has 3 aliphatic carbocycles. The quantitative estimate of drug-likeness (QED) is 0.786. The van der Waals surface area contributed by atoms with Crippen molar-refractivity contribution in [1.29, 1.82) is 0 Å². The minimum atomic E-state index is -0.236. The Hall–Kier alpha value is -0.570. The van der Waals surface area contributed by atoms with Gasteiger partial charge in [0.05, 0.1) is 5.41 Å². The Kier molecular flexibility index (Phi) is 3.35. The molecule has 18 heavy (non-hydrogen) atoms. The fraction of sp³-hybridized carbons (Fsp3) is 0.933. The largest absolute Gasteiger partial charge is 0.352 e. The van der Waals surface area contributed by atoms with Gasteiger partial charge in [-0.25, -0.2) is 0 Å². The average Bonchev–Trinajstić information content (AvgIpc) is 3.29. The molecule has 0 spiro atoms. The third-order valence-electron chi connectivity index (χ3n) is 5.24. The summed E-state index contributed by atoms with van der Waals surface area (Å²) < 4.78 is 0. The van der Waals surface area contributed by atoms with E-state index in [1.807, 2.05) is 0 Å². The second-order valence-corrected chi connectivity index (χ2v) is 6.72. The third kappa shape index (κ3) is 2.42. The van der Waals surface area contributed by atoms with Crippen molar-refractivity contribution in [1.82, 2.24) is 5.32 Å². The Labute approximate surface area is 110 Å². The highest BCUT2D eigenvalue weighted by atomic mass is 16.2. The van der Waals surface area contributed by atoms with Crippen LogP contribution in [0.15, 0.2) is 0 Å². The van der Waals surface area contributed by atoms with Crippen molar-refractivity contribution in [2.75, 3.05) is 6.54 Å². The van der Waals surface area contributed by atoms with E-state index in [1.54, 1.807) is 0 Å². The highest BCUT2D eigenvalue weighted by Gasteiger charge is 2.45. The molecule has 0 aliphatic heterocycles. The monoisotopic (exact) mass is 250 g/mol. The van der Waals surface area contributed by atoms with Gasteiger partial charge in [0.25, 0.3) is 0 Å². The van der Waals surface area contributed by atoms with E-state index in [0.29, 0.717) is 12.6 Å². The summed E-state index contributed by atoms with van der Waals surface area (Å²) in [5.41, 5.74) is 5.70. The van der Waals surface area contributed by atoms with Crippen LogP contribution < -0.4 is 11.1 Å². The number of amides is 1. The van der Waals surface area contributed by atoms with Gasteiger partial charge in [-0.3, -0.25) is 4.79 Å². The minimum absolute atomic E-state index is 0.236. The van der Waals surface area contributed by atoms with E-state index in [9.17, 15) is 4.79 Å². The molecule has 3 nitrogen and oxygen atoms in total. The van der Waals surface area contributed by atoms with Gasteiger partial charge in [0, 0.05) is 12.6 Å². The molecule has 3 saturated carbocycles. The Morgan fingerprint density at radius 3 is 2.11 bits per heavy atom. The van der Waals surface area contributed by atoms with Crippen molar-refractivity contribution in [2.45, 2.75) is 63.8 Å². The molecule has 1 amide bonds. The Balaban J connectivity index is 1.64. The Morgan fingerprint density at radius 2 is 1.67 bits per heavy atom. The van der Waals surface area contributed by atoms with Gasteiger partial charge in [-0.2, -0.15) is 0 Å². The van der Waals surface area contributed by atoms with Crippen LogP contribution in [0, 0.1) is 17.3 Å². The Morgan fingerprint density at radius 1 is 1.11 bits per heavy atom. The summed E-state index contributed by atoms with van der Waals surface area (Å²) in [6, 6.07) is 0.475. The van der Waals surface area contributed by atoms with Crippen LogP contribution in [-0.4, -0.2) is 18.5 Å². The van der Waals surface area contributed by atoms with Crippen molar-refractivity contribution in [2.24, 2.45) is 23.0 Å². The van der Waals surface area contributed by atoms with Crippen molar-refractivity contribution >= 4 is 5.91 Å². The molecule has 0 radical (unpaired) electrons. The minimum Gasteiger partial charge on any atom is -0.352 e. The molecule has 0 heterocycles. The maximum atomic E-state index is 12.6. The van der Waals surface area contributed by atoms with Crippen LogP contribution in [-0.2, 0) is 4.79 Å². The average molecular weight is 250 g/mol. The lowest BCUT2D eigenvalue weighted by molar-refractivity contribution is -0.133. The first-order valence-electron chi connectivity index (χ1n) is 7.76. The zero-order valence-electron chi connectivity index (χ0n) is 11.3. The first kappa shape index (κ1) is 12.5. The maximum Gasteiger partial charge on any atom is 0.227 e. The number of rotatable bonds is 5. The summed E-state index contributed by atoms with van der Waals surface area (Å²) in [5, 5.41) is 3.38. The molecule has 3 N–H and O–H groups in total. The van der Waals surface area contributed by atoms with Crippen LogP contribution >= 0.6 is 0 Å². The first-order valence-corrected chi connectivity index (χ1v) is 7.76. The summed E-state index contributed by atoms with van der Waals surface area (Å²) in [7, 11) is 0. The molecule has 0 unspecified atom stereocenters. The molecule has 0 atom stereocenters. The lowest BCUT2D eigenvalue weighted by Gasteiger charge is -2.36. The topological polar surface area (TPSA) is 55.1 Å². The van der Waals surface area contributed by atoms with E-state index in [-0.39, 0.29) is 11.3 Å². The van der Waals surface area contributed by atoms with Gasteiger partial charge in [-0.05, 0) is 50.4 Å². The number of nitrogens with one attached hydrogen (secondary N) is 1. The normalized spacial score (nSPS) is 27.2. The third-order valence-corrected chi connectivity index (χ3v) is 5.24. The number of hydrogen-bond donors (Lipinski definition) is 2. The van der Waals surface area contributed by atoms with Gasteiger partial charge in [0.2, 0.25) is 5.91 Å². The van der Waals surface area contributed by atoms with Gasteiger partial charge >= 0.3 is 0 Å². The van der Waals surface area contributed by atoms with Gasteiger partial charge in [-0.1, -0.05) is 19.3 Å². The lowest BCUT2D eigenvalue weighted by atomic mass is 9.73. The second kappa shape index (κ2) is 4.84. The van der Waals surface area contributed by atoms with Gasteiger partial charge in [-0.15, -0.1) is 0 Å². The van der Waals surface area contributed by atoms with Crippen LogP contribution in [0.25, 0.3) is 0 Å². The summed E-state index contributed by atoms with van der Waals surface area (Å²) >= 11 is 0. The summed E-state index contributed by atoms with van der Waals surface area (Å²) in [6.07, 6.45) is 10.9. The molecule has 3 heteroatoms. The molecule has 102 valence electrons. The molecule has 0 saturated heterocycles. The smallest absolute Gasteiger partial charge is 0.227 e. The van der Waals surface area contributed by atoms with Crippen molar-refractivity contribution in [3.8, 4) is 0 Å². The SMILES string of the molecule is NCC1(C(=O)NC(C2CC2)C2CC2)CCCCC1. The lowest BCUT2D eigenvalue weighted by Crippen LogP contribution is -2.51. The molecule has 3 fully saturated rings. The van der Waals surface area contributed by atoms with E-state index in [1.165, 1.54) is 44.9 Å². The van der Waals surface area contributed by atoms with E-state index in [4.69, 9.17) is 5.73 Å². The molecule has 0 aromatic rings. The van der Waals surface area contributed by atoms with Crippen molar-refractivity contribution < 1.29 is 4.79 Å². The predicted octanol–water partition coefficient (Wildman–Crippen LogP) is 2.20. The molecule has 3 aliphatic rings. The molecule has 0 aromatic carbocycles. The highest BCUT2D eigenvalue weighted by Crippen LogP contribution is 2.45. The molecular formula is C15H26N2O. The van der Waals surface area contributed by atoms with E-state index < -0.39 is 0 Å². The number of hydrogen-bond acceptors (Lipinski definition) is 2.